The third-order valence-electron chi connectivity index (χ3n) is 10.2. The van der Waals surface area contributed by atoms with Gasteiger partial charge in [0.15, 0.2) is 5.65 Å². The molecular weight excluding hydrogens is 656 g/mol. The average Bonchev–Trinajstić information content (AvgIpc) is 3.73. The number of benzene rings is 1. The lowest BCUT2D eigenvalue weighted by molar-refractivity contribution is 0.171. The molecular formula is C39H50N10O3. The zero-order chi connectivity index (χ0) is 36.6. The van der Waals surface area contributed by atoms with Crippen molar-refractivity contribution in [1.29, 1.82) is 0 Å². The van der Waals surface area contributed by atoms with Crippen molar-refractivity contribution in [2.75, 3.05) is 37.4 Å². The first-order valence-electron chi connectivity index (χ1n) is 18.3. The second kappa shape index (κ2) is 14.5. The Bertz CT molecular complexity index is 2110. The molecule has 2 N–H and O–H groups in total. The van der Waals surface area contributed by atoms with Crippen LogP contribution in [-0.2, 0) is 12.0 Å². The predicted molar refractivity (Wildman–Crippen MR) is 203 cm³/mol. The first kappa shape index (κ1) is 35.2. The van der Waals surface area contributed by atoms with Crippen molar-refractivity contribution in [3.8, 4) is 11.4 Å². The average molecular weight is 707 g/mol. The maximum absolute atomic E-state index is 13.7. The molecule has 2 aliphatic rings. The summed E-state index contributed by atoms with van der Waals surface area (Å²) in [6.45, 7) is 10.7. The number of nitrogens with zero attached hydrogens (tertiary/aromatic N) is 8. The van der Waals surface area contributed by atoms with Gasteiger partial charge in [-0.15, -0.1) is 10.2 Å². The molecule has 0 spiro atoms. The van der Waals surface area contributed by atoms with E-state index in [-0.39, 0.29) is 29.2 Å². The molecule has 1 saturated heterocycles. The maximum Gasteiger partial charge on any atom is 0.320 e. The van der Waals surface area contributed by atoms with Crippen molar-refractivity contribution < 1.29 is 9.53 Å². The third kappa shape index (κ3) is 7.41. The summed E-state index contributed by atoms with van der Waals surface area (Å²) in [6.07, 6.45) is 8.53. The number of piperidine rings is 1. The van der Waals surface area contributed by atoms with E-state index >= 15 is 0 Å². The van der Waals surface area contributed by atoms with Crippen molar-refractivity contribution in [3.63, 3.8) is 0 Å². The maximum atomic E-state index is 13.7. The van der Waals surface area contributed by atoms with Crippen LogP contribution in [-0.4, -0.2) is 73.1 Å². The fourth-order valence-electron chi connectivity index (χ4n) is 7.17. The van der Waals surface area contributed by atoms with Crippen LogP contribution in [0.5, 0.6) is 5.75 Å². The summed E-state index contributed by atoms with van der Waals surface area (Å²) in [6, 6.07) is 17.2. The summed E-state index contributed by atoms with van der Waals surface area (Å²) in [5, 5.41) is 20.0. The van der Waals surface area contributed by atoms with Gasteiger partial charge in [-0.05, 0) is 82.4 Å². The quantitative estimate of drug-likeness (QED) is 0.189. The van der Waals surface area contributed by atoms with E-state index < -0.39 is 0 Å². The lowest BCUT2D eigenvalue weighted by Gasteiger charge is -2.33. The van der Waals surface area contributed by atoms with Crippen LogP contribution >= 0.6 is 0 Å². The molecule has 0 unspecified atom stereocenters. The number of hydrogen-bond donors (Lipinski definition) is 2. The van der Waals surface area contributed by atoms with Gasteiger partial charge in [0, 0.05) is 49.4 Å². The first-order chi connectivity index (χ1) is 24.9. The molecule has 52 heavy (non-hydrogen) atoms. The standard InChI is InChI=1S/C39H50N10O3/c1-26-11-9-10-19-47(26)38-43-42-34-17-14-28(25-48(34)38)52-32-16-15-31(29-12-7-8-13-30(29)32)40-37(51)41-35-24-33(39(2,3)4)44-49(35)27-18-20-46(36(50)23-27)22-21-45(5)6/h7-8,12-14,17-18,20,23-26,31-32H,9-11,15-16,19,21-22H2,1-6H3,(H2,40,41,51)/t26-,31-,32+/m0/s1. The van der Waals surface area contributed by atoms with Crippen molar-refractivity contribution >= 4 is 23.4 Å². The van der Waals surface area contributed by atoms with Gasteiger partial charge in [-0.25, -0.2) is 9.48 Å². The number of nitrogens with one attached hydrogen (secondary N) is 2. The number of anilines is 2. The molecule has 1 aliphatic heterocycles. The van der Waals surface area contributed by atoms with Gasteiger partial charge in [0.1, 0.15) is 17.7 Å². The van der Waals surface area contributed by atoms with Gasteiger partial charge in [0.2, 0.25) is 5.95 Å². The number of carbonyl (C=O) groups excluding carboxylic acids is 1. The van der Waals surface area contributed by atoms with Gasteiger partial charge < -0.3 is 24.4 Å². The number of hydrogen-bond acceptors (Lipinski definition) is 8. The number of likely N-dealkylation sites (N-methyl/N-ethyl adjacent to an activating group) is 1. The summed E-state index contributed by atoms with van der Waals surface area (Å²) in [5.41, 5.74) is 3.83. The van der Waals surface area contributed by atoms with Crippen molar-refractivity contribution in [2.24, 2.45) is 0 Å². The van der Waals surface area contributed by atoms with E-state index in [2.05, 4.69) is 65.6 Å². The summed E-state index contributed by atoms with van der Waals surface area (Å²) in [7, 11) is 3.95. The fraction of sp³-hybridized carbons (Fsp3) is 0.462. The molecule has 274 valence electrons. The number of fused-ring (bicyclic) bond motifs is 2. The van der Waals surface area contributed by atoms with Crippen LogP contribution in [0.2, 0.25) is 0 Å². The number of urea groups is 1. The van der Waals surface area contributed by atoms with Crippen LogP contribution < -0.4 is 25.8 Å². The minimum Gasteiger partial charge on any atom is -0.484 e. The van der Waals surface area contributed by atoms with Gasteiger partial charge in [-0.2, -0.15) is 5.10 Å². The van der Waals surface area contributed by atoms with E-state index in [4.69, 9.17) is 9.84 Å². The number of rotatable bonds is 9. The summed E-state index contributed by atoms with van der Waals surface area (Å²) >= 11 is 0. The Balaban J connectivity index is 1.08. The second-order valence-corrected chi connectivity index (χ2v) is 15.4. The fourth-order valence-corrected chi connectivity index (χ4v) is 7.17. The largest absolute Gasteiger partial charge is 0.484 e. The van der Waals surface area contributed by atoms with Gasteiger partial charge in [0.25, 0.3) is 5.56 Å². The highest BCUT2D eigenvalue weighted by molar-refractivity contribution is 5.89. The highest BCUT2D eigenvalue weighted by Gasteiger charge is 2.31. The van der Waals surface area contributed by atoms with Crippen molar-refractivity contribution in [3.05, 3.63) is 94.2 Å². The summed E-state index contributed by atoms with van der Waals surface area (Å²) in [4.78, 5) is 31.1. The van der Waals surface area contributed by atoms with E-state index in [9.17, 15) is 9.59 Å². The summed E-state index contributed by atoms with van der Waals surface area (Å²) in [5.74, 6) is 2.09. The van der Waals surface area contributed by atoms with E-state index in [0.717, 1.165) is 60.1 Å². The lowest BCUT2D eigenvalue weighted by Crippen LogP contribution is -2.38. The van der Waals surface area contributed by atoms with Gasteiger partial charge in [-0.3, -0.25) is 14.5 Å². The van der Waals surface area contributed by atoms with Crippen molar-refractivity contribution in [2.45, 2.75) is 89.9 Å². The molecule has 5 heterocycles. The van der Waals surface area contributed by atoms with Crippen LogP contribution in [0.1, 0.15) is 88.8 Å². The third-order valence-corrected chi connectivity index (χ3v) is 10.2. The zero-order valence-electron chi connectivity index (χ0n) is 31.0. The topological polar surface area (TPSA) is 127 Å². The van der Waals surface area contributed by atoms with Gasteiger partial charge in [0.05, 0.1) is 23.6 Å². The SMILES string of the molecule is C[C@H]1CCCCN1c1nnc2ccc(O[C@@H]3CC[C@H](NC(=O)Nc4cc(C(C)(C)C)nn4-c4ccn(CCN(C)C)c(=O)c4)c4ccccc43)cn12. The van der Waals surface area contributed by atoms with E-state index in [1.54, 1.807) is 21.5 Å². The van der Waals surface area contributed by atoms with Crippen LogP contribution in [0.3, 0.4) is 0 Å². The molecule has 1 aromatic carbocycles. The van der Waals surface area contributed by atoms with Crippen molar-refractivity contribution in [1.82, 2.24) is 39.2 Å². The monoisotopic (exact) mass is 706 g/mol. The Morgan fingerprint density at radius 3 is 2.56 bits per heavy atom. The normalized spacial score (nSPS) is 19.1. The van der Waals surface area contributed by atoms with E-state index in [1.807, 2.05) is 66.0 Å². The van der Waals surface area contributed by atoms with E-state index in [1.165, 1.54) is 6.42 Å². The van der Waals surface area contributed by atoms with Gasteiger partial charge >= 0.3 is 6.03 Å². The second-order valence-electron chi connectivity index (χ2n) is 15.4. The summed E-state index contributed by atoms with van der Waals surface area (Å²) < 4.78 is 12.0. The molecule has 0 radical (unpaired) electrons. The van der Waals surface area contributed by atoms with Crippen LogP contribution in [0.25, 0.3) is 11.3 Å². The van der Waals surface area contributed by atoms with Gasteiger partial charge in [-0.1, -0.05) is 45.0 Å². The smallest absolute Gasteiger partial charge is 0.320 e. The highest BCUT2D eigenvalue weighted by atomic mass is 16.5. The molecule has 2 amide bonds. The Morgan fingerprint density at radius 2 is 1.81 bits per heavy atom. The number of carbonyl (C=O) groups is 1. The number of amides is 2. The minimum absolute atomic E-state index is 0.128. The molecule has 13 heteroatoms. The molecule has 1 aliphatic carbocycles. The van der Waals surface area contributed by atoms with E-state index in [0.29, 0.717) is 36.9 Å². The van der Waals surface area contributed by atoms with Crippen LogP contribution in [0.4, 0.5) is 16.6 Å². The lowest BCUT2D eigenvalue weighted by atomic mass is 9.85. The molecule has 4 aromatic heterocycles. The van der Waals surface area contributed by atoms with Crippen LogP contribution in [0.15, 0.2) is 71.8 Å². The molecule has 7 rings (SSSR count). The minimum atomic E-state index is -0.349. The highest BCUT2D eigenvalue weighted by Crippen LogP contribution is 2.39. The first-order valence-corrected chi connectivity index (χ1v) is 18.3. The molecule has 13 nitrogen and oxygen atoms in total. The molecule has 0 saturated carbocycles. The Kier molecular flexibility index (Phi) is 9.80. The predicted octanol–water partition coefficient (Wildman–Crippen LogP) is 6.09. The number of pyridine rings is 2. The number of aromatic nitrogens is 6. The molecule has 5 aromatic rings. The molecule has 3 atom stereocenters. The Morgan fingerprint density at radius 1 is 1.00 bits per heavy atom. The Hall–Kier alpha value is -5.17. The Labute approximate surface area is 304 Å². The molecule has 1 fully saturated rings. The van der Waals surface area contributed by atoms with Crippen LogP contribution in [0, 0.1) is 0 Å². The zero-order valence-corrected chi connectivity index (χ0v) is 31.0. The molecule has 0 bridgehead atoms. The number of ether oxygens (including phenoxy) is 1.